The normalized spacial score (nSPS) is 21.4. The number of halogens is 3. The standard InChI is InChI=1S/C31H23F3N4O2/c32-19-12-21-23(15-36-29(21)24(33)13-19)28-22(14-35)20(11-6-16-4-2-1-3-5-16)26(34)30(38-28)37-27-18-9-7-17(8-10-18)25(27)31(39)40/h1-5,12-13,15,17-18,25,27,36H,7-10H2,(H,37,38)(H,39,40)/t17?,18?,25-,27?/m1/s1. The number of aromatic amines is 1. The number of H-pyrrole nitrogens is 1. The van der Waals surface area contributed by atoms with Crippen LogP contribution in [-0.2, 0) is 4.79 Å². The van der Waals surface area contributed by atoms with Crippen LogP contribution in [0.4, 0.5) is 19.0 Å². The summed E-state index contributed by atoms with van der Waals surface area (Å²) < 4.78 is 44.9. The lowest BCUT2D eigenvalue weighted by atomic mass is 9.61. The Bertz CT molecular complexity index is 1740. The van der Waals surface area contributed by atoms with Gasteiger partial charge in [-0.1, -0.05) is 30.0 Å². The summed E-state index contributed by atoms with van der Waals surface area (Å²) in [5, 5.41) is 23.3. The number of pyridine rings is 1. The summed E-state index contributed by atoms with van der Waals surface area (Å²) in [7, 11) is 0. The Labute approximate surface area is 227 Å². The zero-order chi connectivity index (χ0) is 28.0. The molecule has 0 spiro atoms. The summed E-state index contributed by atoms with van der Waals surface area (Å²) in [5.74, 6) is 1.17. The molecule has 2 atom stereocenters. The molecule has 4 aromatic rings. The summed E-state index contributed by atoms with van der Waals surface area (Å²) >= 11 is 0. The van der Waals surface area contributed by atoms with Crippen LogP contribution in [0.25, 0.3) is 22.2 Å². The highest BCUT2D eigenvalue weighted by Gasteiger charge is 2.47. The maximum atomic E-state index is 16.2. The van der Waals surface area contributed by atoms with Crippen LogP contribution in [0.15, 0.2) is 48.7 Å². The predicted molar refractivity (Wildman–Crippen MR) is 143 cm³/mol. The molecule has 3 aliphatic carbocycles. The van der Waals surface area contributed by atoms with Gasteiger partial charge in [0.2, 0.25) is 0 Å². The van der Waals surface area contributed by atoms with Gasteiger partial charge in [-0.05, 0) is 55.7 Å². The summed E-state index contributed by atoms with van der Waals surface area (Å²) in [6.45, 7) is 0. The number of carboxylic acids is 1. The minimum absolute atomic E-state index is 0.00775. The van der Waals surface area contributed by atoms with E-state index >= 15 is 4.39 Å². The molecule has 0 aliphatic heterocycles. The second-order valence-corrected chi connectivity index (χ2v) is 10.3. The molecule has 6 nitrogen and oxygen atoms in total. The third-order valence-electron chi connectivity index (χ3n) is 8.12. The van der Waals surface area contributed by atoms with Crippen LogP contribution in [0.2, 0.25) is 0 Å². The molecular formula is C31H23F3N4O2. The average Bonchev–Trinajstić information content (AvgIpc) is 3.38. The van der Waals surface area contributed by atoms with Gasteiger partial charge in [-0.3, -0.25) is 4.79 Å². The Morgan fingerprint density at radius 2 is 1.75 bits per heavy atom. The van der Waals surface area contributed by atoms with Gasteiger partial charge in [-0.15, -0.1) is 0 Å². The number of carbonyl (C=O) groups is 1. The molecule has 0 radical (unpaired) electrons. The van der Waals surface area contributed by atoms with Gasteiger partial charge in [0.1, 0.15) is 17.7 Å². The van der Waals surface area contributed by atoms with E-state index in [9.17, 15) is 23.9 Å². The summed E-state index contributed by atoms with van der Waals surface area (Å²) in [4.78, 5) is 19.4. The highest BCUT2D eigenvalue weighted by Crippen LogP contribution is 2.47. The number of hydrogen-bond donors (Lipinski definition) is 3. The fraction of sp³-hybridized carbons (Fsp3) is 0.258. The summed E-state index contributed by atoms with van der Waals surface area (Å²) in [6.07, 6.45) is 4.62. The van der Waals surface area contributed by atoms with Crippen LogP contribution in [0.5, 0.6) is 0 Å². The Morgan fingerprint density at radius 1 is 1.02 bits per heavy atom. The van der Waals surface area contributed by atoms with Crippen molar-refractivity contribution in [3.05, 3.63) is 82.8 Å². The Balaban J connectivity index is 1.56. The quantitative estimate of drug-likeness (QED) is 0.267. The van der Waals surface area contributed by atoms with Crippen molar-refractivity contribution < 1.29 is 23.1 Å². The van der Waals surface area contributed by atoms with Gasteiger partial charge >= 0.3 is 5.97 Å². The van der Waals surface area contributed by atoms with Crippen LogP contribution in [0, 0.1) is 58.4 Å². The van der Waals surface area contributed by atoms with Crippen LogP contribution < -0.4 is 5.32 Å². The lowest BCUT2D eigenvalue weighted by Gasteiger charge is -2.47. The minimum Gasteiger partial charge on any atom is -0.481 e. The highest BCUT2D eigenvalue weighted by molar-refractivity contribution is 5.97. The fourth-order valence-electron chi connectivity index (χ4n) is 6.26. The summed E-state index contributed by atoms with van der Waals surface area (Å²) in [5.41, 5.74) is 0.331. The van der Waals surface area contributed by atoms with Crippen molar-refractivity contribution in [2.75, 3.05) is 5.32 Å². The van der Waals surface area contributed by atoms with E-state index in [0.29, 0.717) is 5.56 Å². The first kappa shape index (κ1) is 25.5. The SMILES string of the molecule is N#Cc1c(-c2c[nH]c3c(F)cc(F)cc23)nc(NC2C3CCC(CC3)[C@H]2C(=O)O)c(F)c1C#Cc1ccccc1. The zero-order valence-corrected chi connectivity index (χ0v) is 21.1. The van der Waals surface area contributed by atoms with E-state index in [0.717, 1.165) is 37.8 Å². The second kappa shape index (κ2) is 10.1. The van der Waals surface area contributed by atoms with Gasteiger partial charge in [0, 0.05) is 34.8 Å². The molecule has 200 valence electrons. The molecule has 9 heteroatoms. The van der Waals surface area contributed by atoms with Gasteiger partial charge in [-0.2, -0.15) is 5.26 Å². The second-order valence-electron chi connectivity index (χ2n) is 10.3. The van der Waals surface area contributed by atoms with Crippen LogP contribution in [0.1, 0.15) is 42.4 Å². The van der Waals surface area contributed by atoms with Gasteiger partial charge < -0.3 is 15.4 Å². The van der Waals surface area contributed by atoms with Crippen molar-refractivity contribution >= 4 is 22.7 Å². The Kier molecular flexibility index (Phi) is 6.43. The van der Waals surface area contributed by atoms with Crippen molar-refractivity contribution in [1.29, 1.82) is 5.26 Å². The number of rotatable bonds is 4. The van der Waals surface area contributed by atoms with Crippen LogP contribution in [-0.4, -0.2) is 27.1 Å². The molecule has 2 aromatic carbocycles. The van der Waals surface area contributed by atoms with E-state index in [-0.39, 0.29) is 50.9 Å². The molecule has 3 N–H and O–H groups in total. The number of fused-ring (bicyclic) bond motifs is 4. The number of benzene rings is 2. The summed E-state index contributed by atoms with van der Waals surface area (Å²) in [6, 6.07) is 12.1. The van der Waals surface area contributed by atoms with E-state index in [2.05, 4.69) is 27.1 Å². The maximum absolute atomic E-state index is 16.2. The van der Waals surface area contributed by atoms with Gasteiger partial charge in [0.25, 0.3) is 0 Å². The number of hydrogen-bond acceptors (Lipinski definition) is 4. The number of nitriles is 1. The topological polar surface area (TPSA) is 102 Å². The Hall–Kier alpha value is -4.76. The smallest absolute Gasteiger partial charge is 0.308 e. The molecular weight excluding hydrogens is 517 g/mol. The molecule has 1 unspecified atom stereocenters. The monoisotopic (exact) mass is 540 g/mol. The van der Waals surface area contributed by atoms with E-state index in [1.807, 2.05) is 12.1 Å². The maximum Gasteiger partial charge on any atom is 0.308 e. The first-order valence-electron chi connectivity index (χ1n) is 13.0. The molecule has 3 fully saturated rings. The molecule has 40 heavy (non-hydrogen) atoms. The molecule has 2 heterocycles. The first-order valence-corrected chi connectivity index (χ1v) is 13.0. The van der Waals surface area contributed by atoms with E-state index in [1.165, 1.54) is 6.20 Å². The van der Waals surface area contributed by atoms with Crippen LogP contribution in [0.3, 0.4) is 0 Å². The number of aromatic nitrogens is 2. The lowest BCUT2D eigenvalue weighted by Crippen LogP contribution is -2.51. The zero-order valence-electron chi connectivity index (χ0n) is 21.1. The highest BCUT2D eigenvalue weighted by atomic mass is 19.1. The number of anilines is 1. The van der Waals surface area contributed by atoms with E-state index in [1.54, 1.807) is 24.3 Å². The Morgan fingerprint density at radius 3 is 2.45 bits per heavy atom. The molecule has 0 saturated heterocycles. The predicted octanol–water partition coefficient (Wildman–Crippen LogP) is 6.22. The molecule has 3 aliphatic rings. The molecule has 0 amide bonds. The van der Waals surface area contributed by atoms with E-state index < -0.39 is 35.4 Å². The number of aliphatic carboxylic acids is 1. The van der Waals surface area contributed by atoms with Gasteiger partial charge in [0.15, 0.2) is 11.6 Å². The van der Waals surface area contributed by atoms with Crippen molar-refractivity contribution in [1.82, 2.24) is 9.97 Å². The molecule has 2 aromatic heterocycles. The third kappa shape index (κ3) is 4.34. The number of nitrogens with zero attached hydrogens (tertiary/aromatic N) is 2. The average molecular weight is 541 g/mol. The lowest BCUT2D eigenvalue weighted by molar-refractivity contribution is -0.148. The number of nitrogens with one attached hydrogen (secondary N) is 2. The van der Waals surface area contributed by atoms with Crippen molar-refractivity contribution in [3.63, 3.8) is 0 Å². The van der Waals surface area contributed by atoms with Gasteiger partial charge in [-0.25, -0.2) is 18.2 Å². The van der Waals surface area contributed by atoms with Gasteiger partial charge in [0.05, 0.1) is 28.3 Å². The molecule has 3 saturated carbocycles. The fourth-order valence-corrected chi connectivity index (χ4v) is 6.26. The first-order chi connectivity index (χ1) is 19.4. The van der Waals surface area contributed by atoms with Crippen LogP contribution >= 0.6 is 0 Å². The third-order valence-corrected chi connectivity index (χ3v) is 8.12. The molecule has 7 rings (SSSR count). The van der Waals surface area contributed by atoms with Crippen molar-refractivity contribution in [3.8, 4) is 29.2 Å². The minimum atomic E-state index is -0.951. The number of carboxylic acid groups (broad SMARTS) is 1. The van der Waals surface area contributed by atoms with E-state index in [4.69, 9.17) is 0 Å². The molecule has 2 bridgehead atoms. The van der Waals surface area contributed by atoms with Crippen molar-refractivity contribution in [2.24, 2.45) is 17.8 Å². The largest absolute Gasteiger partial charge is 0.481 e. The van der Waals surface area contributed by atoms with Crippen molar-refractivity contribution in [2.45, 2.75) is 31.7 Å².